The number of rotatable bonds is 4. The lowest BCUT2D eigenvalue weighted by Gasteiger charge is -2.18. The van der Waals surface area contributed by atoms with Crippen molar-refractivity contribution in [3.63, 3.8) is 0 Å². The van der Waals surface area contributed by atoms with Gasteiger partial charge in [-0.1, -0.05) is 19.7 Å². The molecule has 0 radical (unpaired) electrons. The predicted octanol–water partition coefficient (Wildman–Crippen LogP) is 1.16. The SMILES string of the molecule is C=CC(=O)N(C(=C)CS)C(=O)C=C. The van der Waals surface area contributed by atoms with E-state index in [1.165, 1.54) is 0 Å². The summed E-state index contributed by atoms with van der Waals surface area (Å²) in [5.41, 5.74) is 0.304. The number of imide groups is 1. The maximum Gasteiger partial charge on any atom is 0.257 e. The molecule has 0 aromatic carbocycles. The Morgan fingerprint density at radius 1 is 1.23 bits per heavy atom. The van der Waals surface area contributed by atoms with E-state index in [1.807, 2.05) is 0 Å². The summed E-state index contributed by atoms with van der Waals surface area (Å²) in [5.74, 6) is -0.827. The van der Waals surface area contributed by atoms with Crippen molar-refractivity contribution in [2.24, 2.45) is 0 Å². The largest absolute Gasteiger partial charge is 0.269 e. The molecule has 2 amide bonds. The number of thiol groups is 1. The first kappa shape index (κ1) is 11.7. The topological polar surface area (TPSA) is 37.4 Å². The molecule has 0 rings (SSSR count). The summed E-state index contributed by atoms with van der Waals surface area (Å²) in [5, 5.41) is 0. The number of nitrogens with zero attached hydrogens (tertiary/aromatic N) is 1. The van der Waals surface area contributed by atoms with Gasteiger partial charge in [-0.05, 0) is 12.2 Å². The lowest BCUT2D eigenvalue weighted by molar-refractivity contribution is -0.136. The summed E-state index contributed by atoms with van der Waals surface area (Å²) in [6.07, 6.45) is 2.08. The molecule has 0 aliphatic heterocycles. The summed E-state index contributed by atoms with van der Waals surface area (Å²) in [4.78, 5) is 23.2. The number of hydrogen-bond donors (Lipinski definition) is 1. The Hall–Kier alpha value is -1.29. The first-order valence-corrected chi connectivity index (χ1v) is 4.13. The molecule has 0 saturated heterocycles. The highest BCUT2D eigenvalue weighted by Crippen LogP contribution is 2.06. The molecule has 0 fully saturated rings. The van der Waals surface area contributed by atoms with Crippen LogP contribution in [0.3, 0.4) is 0 Å². The average Bonchev–Trinajstić information content (AvgIpc) is 2.16. The second-order valence-electron chi connectivity index (χ2n) is 2.14. The van der Waals surface area contributed by atoms with E-state index >= 15 is 0 Å². The van der Waals surface area contributed by atoms with Crippen LogP contribution in [-0.4, -0.2) is 22.5 Å². The first-order chi connectivity index (χ1) is 6.08. The first-order valence-electron chi connectivity index (χ1n) is 3.50. The number of carbonyl (C=O) groups excluding carboxylic acids is 2. The van der Waals surface area contributed by atoms with Crippen LogP contribution >= 0.6 is 12.6 Å². The molecule has 0 heterocycles. The summed E-state index contributed by atoms with van der Waals surface area (Å²) in [6, 6.07) is 0. The van der Waals surface area contributed by atoms with Crippen molar-refractivity contribution >= 4 is 24.4 Å². The zero-order chi connectivity index (χ0) is 10.4. The van der Waals surface area contributed by atoms with Crippen molar-refractivity contribution in [1.29, 1.82) is 0 Å². The normalized spacial score (nSPS) is 8.69. The van der Waals surface area contributed by atoms with Crippen LogP contribution in [0.2, 0.25) is 0 Å². The van der Waals surface area contributed by atoms with E-state index < -0.39 is 11.8 Å². The molecule has 13 heavy (non-hydrogen) atoms. The fraction of sp³-hybridized carbons (Fsp3) is 0.111. The van der Waals surface area contributed by atoms with Gasteiger partial charge in [0, 0.05) is 11.4 Å². The van der Waals surface area contributed by atoms with Gasteiger partial charge in [-0.2, -0.15) is 12.6 Å². The molecule has 0 aliphatic rings. The highest BCUT2D eigenvalue weighted by Gasteiger charge is 2.18. The Balaban J connectivity index is 4.84. The van der Waals surface area contributed by atoms with E-state index in [1.54, 1.807) is 0 Å². The van der Waals surface area contributed by atoms with Crippen LogP contribution in [0, 0.1) is 0 Å². The maximum absolute atomic E-state index is 11.2. The molecule has 4 heteroatoms. The van der Waals surface area contributed by atoms with Crippen LogP contribution < -0.4 is 0 Å². The molecule has 70 valence electrons. The molecule has 0 N–H and O–H groups in total. The minimum absolute atomic E-state index is 0.221. The third-order valence-corrected chi connectivity index (χ3v) is 1.65. The third-order valence-electron chi connectivity index (χ3n) is 1.29. The molecule has 0 aromatic heterocycles. The van der Waals surface area contributed by atoms with Gasteiger partial charge in [0.2, 0.25) is 0 Å². The average molecular weight is 197 g/mol. The van der Waals surface area contributed by atoms with Crippen LogP contribution in [0.15, 0.2) is 37.6 Å². The quantitative estimate of drug-likeness (QED) is 0.542. The Morgan fingerprint density at radius 2 is 1.62 bits per heavy atom. The van der Waals surface area contributed by atoms with Gasteiger partial charge in [0.05, 0.1) is 0 Å². The van der Waals surface area contributed by atoms with Crippen LogP contribution in [0.4, 0.5) is 0 Å². The lowest BCUT2D eigenvalue weighted by Crippen LogP contribution is -2.33. The van der Waals surface area contributed by atoms with Gasteiger partial charge in [-0.3, -0.25) is 9.59 Å². The van der Waals surface area contributed by atoms with Crippen molar-refractivity contribution in [1.82, 2.24) is 4.90 Å². The lowest BCUT2D eigenvalue weighted by atomic mass is 10.3. The number of hydrogen-bond acceptors (Lipinski definition) is 3. The number of carbonyl (C=O) groups is 2. The molecule has 0 unspecified atom stereocenters. The molecule has 0 atom stereocenters. The highest BCUT2D eigenvalue weighted by atomic mass is 32.1. The van der Waals surface area contributed by atoms with E-state index in [4.69, 9.17) is 0 Å². The predicted molar refractivity (Wildman–Crippen MR) is 55.2 cm³/mol. The van der Waals surface area contributed by atoms with Crippen LogP contribution in [0.5, 0.6) is 0 Å². The van der Waals surface area contributed by atoms with Gasteiger partial charge >= 0.3 is 0 Å². The van der Waals surface area contributed by atoms with Gasteiger partial charge in [-0.25, -0.2) is 4.90 Å². The van der Waals surface area contributed by atoms with Gasteiger partial charge in [0.1, 0.15) is 0 Å². The van der Waals surface area contributed by atoms with Crippen molar-refractivity contribution in [3.05, 3.63) is 37.6 Å². The van der Waals surface area contributed by atoms with Crippen LogP contribution in [0.1, 0.15) is 0 Å². The Kier molecular flexibility index (Phi) is 4.84. The molecule has 0 spiro atoms. The molecular formula is C9H11NO2S. The van der Waals surface area contributed by atoms with E-state index in [0.29, 0.717) is 5.70 Å². The molecule has 0 aliphatic carbocycles. The Labute approximate surface area is 82.8 Å². The minimum Gasteiger partial charge on any atom is -0.269 e. The second kappa shape index (κ2) is 5.37. The smallest absolute Gasteiger partial charge is 0.257 e. The monoisotopic (exact) mass is 197 g/mol. The molecular weight excluding hydrogens is 186 g/mol. The number of amides is 2. The third kappa shape index (κ3) is 2.91. The zero-order valence-electron chi connectivity index (χ0n) is 7.19. The Bertz CT molecular complexity index is 251. The highest BCUT2D eigenvalue weighted by molar-refractivity contribution is 7.80. The molecule has 3 nitrogen and oxygen atoms in total. The zero-order valence-corrected chi connectivity index (χ0v) is 8.09. The standard InChI is InChI=1S/C9H11NO2S/c1-4-8(11)10(7(3)6-13)9(12)5-2/h4-5,13H,1-3,6H2. The second-order valence-corrected chi connectivity index (χ2v) is 2.46. The van der Waals surface area contributed by atoms with Gasteiger partial charge in [0.25, 0.3) is 11.8 Å². The van der Waals surface area contributed by atoms with Crippen molar-refractivity contribution in [2.75, 3.05) is 5.75 Å². The van der Waals surface area contributed by atoms with Gasteiger partial charge in [0.15, 0.2) is 0 Å². The van der Waals surface area contributed by atoms with Crippen LogP contribution in [-0.2, 0) is 9.59 Å². The Morgan fingerprint density at radius 3 is 1.85 bits per heavy atom. The van der Waals surface area contributed by atoms with Crippen molar-refractivity contribution < 1.29 is 9.59 Å². The summed E-state index contributed by atoms with van der Waals surface area (Å²) < 4.78 is 0. The summed E-state index contributed by atoms with van der Waals surface area (Å²) >= 11 is 3.91. The fourth-order valence-electron chi connectivity index (χ4n) is 0.674. The van der Waals surface area contributed by atoms with E-state index in [0.717, 1.165) is 17.1 Å². The van der Waals surface area contributed by atoms with Crippen molar-refractivity contribution in [2.45, 2.75) is 0 Å². The fourth-order valence-corrected chi connectivity index (χ4v) is 0.815. The molecule has 0 bridgehead atoms. The van der Waals surface area contributed by atoms with Crippen LogP contribution in [0.25, 0.3) is 0 Å². The maximum atomic E-state index is 11.2. The summed E-state index contributed by atoms with van der Waals surface area (Å²) in [7, 11) is 0. The van der Waals surface area contributed by atoms with Gasteiger partial charge < -0.3 is 0 Å². The molecule has 0 aromatic rings. The minimum atomic E-state index is -0.524. The van der Waals surface area contributed by atoms with Gasteiger partial charge in [-0.15, -0.1) is 0 Å². The summed E-state index contributed by atoms with van der Waals surface area (Å²) in [6.45, 7) is 10.1. The van der Waals surface area contributed by atoms with Crippen molar-refractivity contribution in [3.8, 4) is 0 Å². The molecule has 0 saturated carbocycles. The van der Waals surface area contributed by atoms with E-state index in [2.05, 4.69) is 32.4 Å². The van der Waals surface area contributed by atoms with E-state index in [9.17, 15) is 9.59 Å². The van der Waals surface area contributed by atoms with E-state index in [-0.39, 0.29) is 5.75 Å².